The summed E-state index contributed by atoms with van der Waals surface area (Å²) in [6.45, 7) is 3.80. The summed E-state index contributed by atoms with van der Waals surface area (Å²) < 4.78 is 34.1. The largest absolute Gasteiger partial charge is 0.381 e. The average Bonchev–Trinajstić information content (AvgIpc) is 3.39. The molecule has 0 spiro atoms. The third-order valence-electron chi connectivity index (χ3n) is 5.77. The molecule has 148 valence electrons. The van der Waals surface area contributed by atoms with Crippen LogP contribution in [0.1, 0.15) is 19.8 Å². The van der Waals surface area contributed by atoms with Crippen molar-refractivity contribution in [3.8, 4) is 11.3 Å². The Kier molecular flexibility index (Phi) is 3.90. The van der Waals surface area contributed by atoms with E-state index in [-0.39, 0.29) is 24.5 Å². The van der Waals surface area contributed by atoms with Crippen LogP contribution in [0.4, 0.5) is 26.4 Å². The zero-order chi connectivity index (χ0) is 19.5. The number of alkyl halides is 1. The molecule has 2 bridgehead atoms. The van der Waals surface area contributed by atoms with Crippen LogP contribution in [-0.4, -0.2) is 59.0 Å². The molecule has 9 heteroatoms. The first-order valence-electron chi connectivity index (χ1n) is 9.50. The Balaban J connectivity index is 1.57. The normalized spacial score (nSPS) is 29.1. The van der Waals surface area contributed by atoms with Gasteiger partial charge in [-0.25, -0.2) is 18.7 Å². The van der Waals surface area contributed by atoms with Crippen LogP contribution < -0.4 is 15.5 Å². The van der Waals surface area contributed by atoms with Crippen molar-refractivity contribution < 1.29 is 13.5 Å². The summed E-state index contributed by atoms with van der Waals surface area (Å²) in [6, 6.07) is 3.43. The molecule has 0 aromatic carbocycles. The highest BCUT2D eigenvalue weighted by atomic mass is 19.1. The summed E-state index contributed by atoms with van der Waals surface area (Å²) in [7, 11) is 0. The van der Waals surface area contributed by atoms with Crippen molar-refractivity contribution in [2.45, 2.75) is 37.6 Å². The first kappa shape index (κ1) is 17.5. The number of rotatable bonds is 3. The Hall–Kier alpha value is -2.55. The fraction of sp³-hybridized carbons (Fsp3) is 0.526. The Bertz CT molecular complexity index is 923. The highest BCUT2D eigenvalue weighted by Crippen LogP contribution is 2.35. The van der Waals surface area contributed by atoms with E-state index in [0.717, 1.165) is 18.8 Å². The minimum absolute atomic E-state index is 0.153. The van der Waals surface area contributed by atoms with E-state index in [9.17, 15) is 8.78 Å². The van der Waals surface area contributed by atoms with Crippen molar-refractivity contribution in [2.24, 2.45) is 0 Å². The summed E-state index contributed by atoms with van der Waals surface area (Å²) in [5, 5.41) is 0. The number of aromatic nitrogens is 3. The molecule has 1 unspecified atom stereocenters. The molecule has 3 atom stereocenters. The number of pyridine rings is 1. The van der Waals surface area contributed by atoms with Crippen molar-refractivity contribution >= 4 is 17.6 Å². The van der Waals surface area contributed by atoms with E-state index < -0.39 is 11.5 Å². The summed E-state index contributed by atoms with van der Waals surface area (Å²) in [5.74, 6) is 0.459. The van der Waals surface area contributed by atoms with Crippen LogP contribution in [0.5, 0.6) is 0 Å². The Morgan fingerprint density at radius 3 is 2.82 bits per heavy atom. The number of hydrogen-bond acceptors (Lipinski definition) is 7. The Labute approximate surface area is 161 Å². The van der Waals surface area contributed by atoms with Crippen molar-refractivity contribution in [3.63, 3.8) is 0 Å². The molecular weight excluding hydrogens is 366 g/mol. The second-order valence-corrected chi connectivity index (χ2v) is 8.08. The first-order chi connectivity index (χ1) is 13.4. The number of nitrogens with two attached hydrogens (primary N) is 1. The van der Waals surface area contributed by atoms with Crippen molar-refractivity contribution in [1.29, 1.82) is 0 Å². The van der Waals surface area contributed by atoms with Crippen LogP contribution in [0.3, 0.4) is 0 Å². The molecule has 7 nitrogen and oxygen atoms in total. The molecule has 2 N–H and O–H groups in total. The minimum Gasteiger partial charge on any atom is -0.381 e. The molecule has 5 heterocycles. The molecule has 0 aliphatic carbocycles. The highest BCUT2D eigenvalue weighted by Gasteiger charge is 2.40. The Morgan fingerprint density at radius 2 is 2.18 bits per heavy atom. The molecule has 0 saturated carbocycles. The van der Waals surface area contributed by atoms with Crippen LogP contribution >= 0.6 is 0 Å². The van der Waals surface area contributed by atoms with Gasteiger partial charge in [-0.05, 0) is 19.4 Å². The highest BCUT2D eigenvalue weighted by molar-refractivity contribution is 5.66. The predicted molar refractivity (Wildman–Crippen MR) is 101 cm³/mol. The Morgan fingerprint density at radius 1 is 1.32 bits per heavy atom. The lowest BCUT2D eigenvalue weighted by atomic mass is 10.1. The third-order valence-corrected chi connectivity index (χ3v) is 5.77. The van der Waals surface area contributed by atoms with E-state index in [0.29, 0.717) is 36.8 Å². The van der Waals surface area contributed by atoms with Gasteiger partial charge in [0.15, 0.2) is 11.6 Å². The van der Waals surface area contributed by atoms with Crippen LogP contribution in [0.15, 0.2) is 18.3 Å². The lowest BCUT2D eigenvalue weighted by molar-refractivity contribution is 0.0989. The number of fused-ring (bicyclic) bond motifs is 2. The van der Waals surface area contributed by atoms with Gasteiger partial charge in [0.2, 0.25) is 5.95 Å². The molecule has 3 aliphatic rings. The third kappa shape index (κ3) is 3.03. The van der Waals surface area contributed by atoms with Crippen LogP contribution in [0.2, 0.25) is 0 Å². The van der Waals surface area contributed by atoms with E-state index in [4.69, 9.17) is 15.5 Å². The van der Waals surface area contributed by atoms with Gasteiger partial charge in [-0.3, -0.25) is 0 Å². The molecule has 2 aromatic heterocycles. The van der Waals surface area contributed by atoms with Gasteiger partial charge in [0, 0.05) is 37.3 Å². The number of ether oxygens (including phenoxy) is 1. The second kappa shape index (κ2) is 6.23. The monoisotopic (exact) mass is 388 g/mol. The zero-order valence-corrected chi connectivity index (χ0v) is 15.6. The van der Waals surface area contributed by atoms with Gasteiger partial charge >= 0.3 is 0 Å². The number of anilines is 3. The maximum Gasteiger partial charge on any atom is 0.227 e. The molecule has 28 heavy (non-hydrogen) atoms. The summed E-state index contributed by atoms with van der Waals surface area (Å²) in [6.07, 6.45) is 3.11. The van der Waals surface area contributed by atoms with Crippen molar-refractivity contribution in [1.82, 2.24) is 15.0 Å². The number of hydrogen-bond donors (Lipinski definition) is 1. The van der Waals surface area contributed by atoms with Crippen LogP contribution in [0, 0.1) is 5.82 Å². The van der Waals surface area contributed by atoms with Gasteiger partial charge in [0.05, 0.1) is 31.0 Å². The smallest absolute Gasteiger partial charge is 0.227 e. The topological polar surface area (TPSA) is 80.4 Å². The first-order valence-corrected chi connectivity index (χ1v) is 9.50. The SMILES string of the molecule is CC1(F)CCN(c2nc(-c3cnc(N)c(F)c3)cc(N3C[C@@H]4C[C@H]3CO4)n2)C1. The van der Waals surface area contributed by atoms with Gasteiger partial charge in [-0.1, -0.05) is 0 Å². The number of morpholine rings is 1. The minimum atomic E-state index is -1.27. The molecule has 3 fully saturated rings. The second-order valence-electron chi connectivity index (χ2n) is 8.08. The maximum atomic E-state index is 14.4. The van der Waals surface area contributed by atoms with Gasteiger partial charge in [-0.15, -0.1) is 0 Å². The number of nitrogens with zero attached hydrogens (tertiary/aromatic N) is 5. The molecule has 0 radical (unpaired) electrons. The van der Waals surface area contributed by atoms with Crippen molar-refractivity contribution in [3.05, 3.63) is 24.1 Å². The quantitative estimate of drug-likeness (QED) is 0.863. The predicted octanol–water partition coefficient (Wildman–Crippen LogP) is 2.18. The zero-order valence-electron chi connectivity index (χ0n) is 15.6. The fourth-order valence-corrected chi connectivity index (χ4v) is 4.22. The molecular formula is C19H22F2N6O. The lowest BCUT2D eigenvalue weighted by Gasteiger charge is -2.29. The van der Waals surface area contributed by atoms with Crippen molar-refractivity contribution in [2.75, 3.05) is 41.8 Å². The van der Waals surface area contributed by atoms with Gasteiger partial charge in [0.25, 0.3) is 0 Å². The van der Waals surface area contributed by atoms with Crippen LogP contribution in [0.25, 0.3) is 11.3 Å². The van der Waals surface area contributed by atoms with E-state index in [1.165, 1.54) is 12.3 Å². The van der Waals surface area contributed by atoms with E-state index >= 15 is 0 Å². The maximum absolute atomic E-state index is 14.4. The van der Waals surface area contributed by atoms with Gasteiger partial charge < -0.3 is 20.3 Å². The number of nitrogen functional groups attached to an aromatic ring is 1. The summed E-state index contributed by atoms with van der Waals surface area (Å²) in [5.41, 5.74) is 5.29. The molecule has 0 amide bonds. The summed E-state index contributed by atoms with van der Waals surface area (Å²) in [4.78, 5) is 17.3. The van der Waals surface area contributed by atoms with E-state index in [1.807, 2.05) is 11.0 Å². The van der Waals surface area contributed by atoms with Crippen LogP contribution in [-0.2, 0) is 4.74 Å². The number of halogens is 2. The average molecular weight is 388 g/mol. The lowest BCUT2D eigenvalue weighted by Crippen LogP contribution is -2.38. The fourth-order valence-electron chi connectivity index (χ4n) is 4.22. The van der Waals surface area contributed by atoms with E-state index in [1.54, 1.807) is 6.92 Å². The van der Waals surface area contributed by atoms with Gasteiger partial charge in [0.1, 0.15) is 11.5 Å². The standard InChI is InChI=1S/C19H22F2N6O/c1-19(21)2-3-26(10-19)18-24-15(11-4-14(20)17(22)23-7-11)6-16(25-18)27-8-13-5-12(27)9-28-13/h4,6-7,12-13H,2-3,5,8-10H2,1H3,(H2,22,23)/t12-,13-,19?/m0/s1. The van der Waals surface area contributed by atoms with E-state index in [2.05, 4.69) is 14.9 Å². The molecule has 2 aromatic rings. The summed E-state index contributed by atoms with van der Waals surface area (Å²) >= 11 is 0. The van der Waals surface area contributed by atoms with Gasteiger partial charge in [-0.2, -0.15) is 4.98 Å². The molecule has 3 saturated heterocycles. The molecule has 3 aliphatic heterocycles. The molecule has 5 rings (SSSR count).